The summed E-state index contributed by atoms with van der Waals surface area (Å²) in [6.07, 6.45) is 0. The number of nitrogens with one attached hydrogen (secondary N) is 1. The van der Waals surface area contributed by atoms with E-state index < -0.39 is 0 Å². The minimum Gasteiger partial charge on any atom is -0.484 e. The Labute approximate surface area is 136 Å². The highest BCUT2D eigenvalue weighted by Gasteiger charge is 2.09. The molecule has 0 unspecified atom stereocenters. The van der Waals surface area contributed by atoms with E-state index in [1.165, 1.54) is 11.3 Å². The van der Waals surface area contributed by atoms with Gasteiger partial charge >= 0.3 is 0 Å². The molecule has 0 aliphatic rings. The second-order valence-corrected chi connectivity index (χ2v) is 6.25. The number of amides is 1. The molecule has 0 aliphatic carbocycles. The zero-order chi connectivity index (χ0) is 15.5. The fourth-order valence-electron chi connectivity index (χ4n) is 1.89. The third-order valence-corrected chi connectivity index (χ3v) is 4.17. The first-order valence-corrected chi connectivity index (χ1v) is 7.85. The average Bonchev–Trinajstić information content (AvgIpc) is 2.88. The molecule has 0 radical (unpaired) electrons. The number of aromatic nitrogens is 1. The molecule has 22 heavy (non-hydrogen) atoms. The van der Waals surface area contributed by atoms with Crippen molar-refractivity contribution in [2.24, 2.45) is 0 Å². The summed E-state index contributed by atoms with van der Waals surface area (Å²) >= 11 is 7.32. The van der Waals surface area contributed by atoms with E-state index >= 15 is 0 Å². The van der Waals surface area contributed by atoms with Gasteiger partial charge in [-0.1, -0.05) is 40.6 Å². The predicted molar refractivity (Wildman–Crippen MR) is 89.9 cm³/mol. The number of carbonyl (C=O) groups excluding carboxylic acids is 1. The Kier molecular flexibility index (Phi) is 4.27. The maximum Gasteiger partial charge on any atom is 0.264 e. The Balaban J connectivity index is 1.61. The largest absolute Gasteiger partial charge is 0.484 e. The SMILES string of the molecule is Cc1ccc(OCC(=O)Nc2nc3cc(Cl)ccc3s2)cc1. The van der Waals surface area contributed by atoms with Gasteiger partial charge in [-0.25, -0.2) is 4.98 Å². The molecule has 0 saturated heterocycles. The number of fused-ring (bicyclic) bond motifs is 1. The van der Waals surface area contributed by atoms with Crippen LogP contribution in [0.2, 0.25) is 5.02 Å². The first-order valence-electron chi connectivity index (χ1n) is 6.65. The van der Waals surface area contributed by atoms with Crippen LogP contribution < -0.4 is 10.1 Å². The van der Waals surface area contributed by atoms with Gasteiger partial charge < -0.3 is 4.74 Å². The van der Waals surface area contributed by atoms with E-state index in [2.05, 4.69) is 10.3 Å². The first-order chi connectivity index (χ1) is 10.6. The van der Waals surface area contributed by atoms with Crippen molar-refractivity contribution in [2.75, 3.05) is 11.9 Å². The molecule has 6 heteroatoms. The lowest BCUT2D eigenvalue weighted by Gasteiger charge is -2.05. The lowest BCUT2D eigenvalue weighted by Crippen LogP contribution is -2.19. The number of nitrogens with zero attached hydrogens (tertiary/aromatic N) is 1. The van der Waals surface area contributed by atoms with Crippen molar-refractivity contribution in [3.05, 3.63) is 53.1 Å². The van der Waals surface area contributed by atoms with Crippen molar-refractivity contribution in [3.8, 4) is 5.75 Å². The van der Waals surface area contributed by atoms with Crippen LogP contribution in [0.1, 0.15) is 5.56 Å². The molecule has 0 saturated carbocycles. The summed E-state index contributed by atoms with van der Waals surface area (Å²) in [6, 6.07) is 13.0. The van der Waals surface area contributed by atoms with E-state index in [1.807, 2.05) is 37.3 Å². The van der Waals surface area contributed by atoms with Crippen molar-refractivity contribution < 1.29 is 9.53 Å². The topological polar surface area (TPSA) is 51.2 Å². The van der Waals surface area contributed by atoms with Crippen LogP contribution in [0, 0.1) is 6.92 Å². The van der Waals surface area contributed by atoms with E-state index in [4.69, 9.17) is 16.3 Å². The number of thiazole rings is 1. The van der Waals surface area contributed by atoms with Crippen LogP contribution in [0.3, 0.4) is 0 Å². The van der Waals surface area contributed by atoms with E-state index in [0.717, 1.165) is 15.8 Å². The number of rotatable bonds is 4. The molecule has 0 atom stereocenters. The minimum atomic E-state index is -0.245. The van der Waals surface area contributed by atoms with Crippen LogP contribution in [0.15, 0.2) is 42.5 Å². The first kappa shape index (κ1) is 14.8. The minimum absolute atomic E-state index is 0.0558. The lowest BCUT2D eigenvalue weighted by molar-refractivity contribution is -0.118. The molecule has 4 nitrogen and oxygen atoms in total. The van der Waals surface area contributed by atoms with E-state index in [1.54, 1.807) is 12.1 Å². The number of aryl methyl sites for hydroxylation is 1. The fraction of sp³-hybridized carbons (Fsp3) is 0.125. The molecular weight excluding hydrogens is 320 g/mol. The van der Waals surface area contributed by atoms with Crippen molar-refractivity contribution in [2.45, 2.75) is 6.92 Å². The molecule has 112 valence electrons. The smallest absolute Gasteiger partial charge is 0.264 e. The molecule has 3 aromatic rings. The summed E-state index contributed by atoms with van der Waals surface area (Å²) in [5, 5.41) is 3.89. The second-order valence-electron chi connectivity index (χ2n) is 4.78. The standard InChI is InChI=1S/C16H13ClN2O2S/c1-10-2-5-12(6-3-10)21-9-15(20)19-16-18-13-8-11(17)4-7-14(13)22-16/h2-8H,9H2,1H3,(H,18,19,20). The quantitative estimate of drug-likeness (QED) is 0.776. The third kappa shape index (κ3) is 3.55. The fourth-order valence-corrected chi connectivity index (χ4v) is 2.92. The van der Waals surface area contributed by atoms with Crippen LogP contribution in [0.4, 0.5) is 5.13 Å². The Morgan fingerprint density at radius 2 is 2.05 bits per heavy atom. The second kappa shape index (κ2) is 6.34. The normalized spacial score (nSPS) is 10.6. The monoisotopic (exact) mass is 332 g/mol. The number of anilines is 1. The summed E-state index contributed by atoms with van der Waals surface area (Å²) in [6.45, 7) is 1.94. The molecule has 0 bridgehead atoms. The lowest BCUT2D eigenvalue weighted by atomic mass is 10.2. The highest BCUT2D eigenvalue weighted by atomic mass is 35.5. The van der Waals surface area contributed by atoms with Gasteiger partial charge in [0.05, 0.1) is 10.2 Å². The van der Waals surface area contributed by atoms with E-state index in [9.17, 15) is 4.79 Å². The summed E-state index contributed by atoms with van der Waals surface area (Å²) < 4.78 is 6.40. The molecule has 1 amide bonds. The van der Waals surface area contributed by atoms with Crippen LogP contribution in [-0.2, 0) is 4.79 Å². The Morgan fingerprint density at radius 3 is 2.82 bits per heavy atom. The summed E-state index contributed by atoms with van der Waals surface area (Å²) in [7, 11) is 0. The average molecular weight is 333 g/mol. The Hall–Kier alpha value is -2.11. The Morgan fingerprint density at radius 1 is 1.27 bits per heavy atom. The number of benzene rings is 2. The van der Waals surface area contributed by atoms with Crippen molar-refractivity contribution in [3.63, 3.8) is 0 Å². The number of hydrogen-bond donors (Lipinski definition) is 1. The zero-order valence-corrected chi connectivity index (χ0v) is 13.4. The molecule has 0 aliphatic heterocycles. The van der Waals surface area contributed by atoms with Crippen LogP contribution in [-0.4, -0.2) is 17.5 Å². The highest BCUT2D eigenvalue weighted by molar-refractivity contribution is 7.22. The molecule has 3 rings (SSSR count). The maximum atomic E-state index is 11.9. The van der Waals surface area contributed by atoms with Crippen LogP contribution in [0.25, 0.3) is 10.2 Å². The molecule has 1 N–H and O–H groups in total. The summed E-state index contributed by atoms with van der Waals surface area (Å²) in [5.74, 6) is 0.419. The van der Waals surface area contributed by atoms with Gasteiger partial charge in [-0.2, -0.15) is 0 Å². The maximum absolute atomic E-state index is 11.9. The number of hydrogen-bond acceptors (Lipinski definition) is 4. The van der Waals surface area contributed by atoms with Gasteiger partial charge in [0.2, 0.25) is 0 Å². The van der Waals surface area contributed by atoms with Gasteiger partial charge in [-0.15, -0.1) is 0 Å². The van der Waals surface area contributed by atoms with Gasteiger partial charge in [0, 0.05) is 5.02 Å². The Bertz CT molecular complexity index is 815. The van der Waals surface area contributed by atoms with Crippen LogP contribution >= 0.6 is 22.9 Å². The number of ether oxygens (including phenoxy) is 1. The van der Waals surface area contributed by atoms with Gasteiger partial charge in [-0.05, 0) is 37.3 Å². The van der Waals surface area contributed by atoms with Gasteiger partial charge in [0.1, 0.15) is 5.75 Å². The molecule has 0 spiro atoms. The molecule has 2 aromatic carbocycles. The highest BCUT2D eigenvalue weighted by Crippen LogP contribution is 2.27. The number of carbonyl (C=O) groups is 1. The summed E-state index contributed by atoms with van der Waals surface area (Å²) in [5.41, 5.74) is 1.91. The van der Waals surface area contributed by atoms with Gasteiger partial charge in [0.15, 0.2) is 11.7 Å². The molecule has 1 heterocycles. The summed E-state index contributed by atoms with van der Waals surface area (Å²) in [4.78, 5) is 16.2. The molecular formula is C16H13ClN2O2S. The third-order valence-electron chi connectivity index (χ3n) is 2.99. The molecule has 0 fully saturated rings. The molecule has 1 aromatic heterocycles. The van der Waals surface area contributed by atoms with Crippen LogP contribution in [0.5, 0.6) is 5.75 Å². The van der Waals surface area contributed by atoms with E-state index in [-0.39, 0.29) is 12.5 Å². The van der Waals surface area contributed by atoms with Crippen molar-refractivity contribution in [1.82, 2.24) is 4.98 Å². The number of halogens is 1. The van der Waals surface area contributed by atoms with Crippen molar-refractivity contribution >= 4 is 44.2 Å². The van der Waals surface area contributed by atoms with Crippen molar-refractivity contribution in [1.29, 1.82) is 0 Å². The van der Waals surface area contributed by atoms with Gasteiger partial charge in [-0.3, -0.25) is 10.1 Å². The zero-order valence-electron chi connectivity index (χ0n) is 11.8. The predicted octanol–water partition coefficient (Wildman–Crippen LogP) is 4.28. The van der Waals surface area contributed by atoms with Gasteiger partial charge in [0.25, 0.3) is 5.91 Å². The van der Waals surface area contributed by atoms with E-state index in [0.29, 0.717) is 15.9 Å².